The van der Waals surface area contributed by atoms with Crippen LogP contribution >= 0.6 is 11.3 Å². The molecule has 1 amide bonds. The molecule has 0 bridgehead atoms. The van der Waals surface area contributed by atoms with Gasteiger partial charge in [0, 0.05) is 18.3 Å². The molecule has 0 spiro atoms. The number of hydrogen-bond acceptors (Lipinski definition) is 5. The second-order valence-corrected chi connectivity index (χ2v) is 8.30. The molecule has 2 aromatic rings. The summed E-state index contributed by atoms with van der Waals surface area (Å²) in [7, 11) is -3.81. The molecule has 26 heavy (non-hydrogen) atoms. The largest absolute Gasteiger partial charge is 0.356 e. The number of aromatic nitrogens is 1. The van der Waals surface area contributed by atoms with Crippen molar-refractivity contribution in [1.82, 2.24) is 10.3 Å². The molecule has 1 aromatic carbocycles. The Morgan fingerprint density at radius 2 is 1.96 bits per heavy atom. The zero-order chi connectivity index (χ0) is 19.0. The molecule has 0 atom stereocenters. The van der Waals surface area contributed by atoms with Gasteiger partial charge in [-0.05, 0) is 37.1 Å². The van der Waals surface area contributed by atoms with Crippen LogP contribution in [0, 0.1) is 5.82 Å². The maximum absolute atomic E-state index is 12.9. The number of unbranched alkanes of at least 4 members (excludes halogenated alkanes) is 2. The van der Waals surface area contributed by atoms with E-state index in [0.29, 0.717) is 25.1 Å². The average Bonchev–Trinajstić information content (AvgIpc) is 3.04. The molecule has 0 aliphatic rings. The number of anilines is 1. The minimum atomic E-state index is -3.81. The zero-order valence-corrected chi connectivity index (χ0v) is 16.1. The number of aryl methyl sites for hydroxylation is 1. The first-order chi connectivity index (χ1) is 12.4. The highest BCUT2D eigenvalue weighted by atomic mass is 32.2. The lowest BCUT2D eigenvalue weighted by Crippen LogP contribution is -2.24. The molecule has 2 rings (SSSR count). The first-order valence-corrected chi connectivity index (χ1v) is 10.8. The summed E-state index contributed by atoms with van der Waals surface area (Å²) in [6.45, 7) is 2.78. The number of nitrogens with one attached hydrogen (secondary N) is 2. The lowest BCUT2D eigenvalue weighted by Gasteiger charge is -2.05. The molecule has 0 aliphatic heterocycles. The van der Waals surface area contributed by atoms with Crippen molar-refractivity contribution in [3.05, 3.63) is 41.2 Å². The van der Waals surface area contributed by atoms with Gasteiger partial charge in [0.15, 0.2) is 5.13 Å². The van der Waals surface area contributed by atoms with Crippen LogP contribution in [-0.4, -0.2) is 25.9 Å². The average molecular weight is 400 g/mol. The number of benzene rings is 1. The smallest absolute Gasteiger partial charge is 0.263 e. The van der Waals surface area contributed by atoms with E-state index >= 15 is 0 Å². The van der Waals surface area contributed by atoms with Gasteiger partial charge < -0.3 is 5.32 Å². The Morgan fingerprint density at radius 3 is 2.65 bits per heavy atom. The van der Waals surface area contributed by atoms with E-state index in [1.54, 1.807) is 5.38 Å². The van der Waals surface area contributed by atoms with Gasteiger partial charge in [-0.3, -0.25) is 9.52 Å². The maximum atomic E-state index is 12.9. The van der Waals surface area contributed by atoms with E-state index in [1.807, 2.05) is 0 Å². The minimum absolute atomic E-state index is 0.0393. The van der Waals surface area contributed by atoms with Gasteiger partial charge in [0.1, 0.15) is 5.82 Å². The predicted molar refractivity (Wildman–Crippen MR) is 100 cm³/mol. The third-order valence-corrected chi connectivity index (χ3v) is 5.90. The molecule has 1 aromatic heterocycles. The fourth-order valence-electron chi connectivity index (χ4n) is 2.19. The van der Waals surface area contributed by atoms with Crippen molar-refractivity contribution < 1.29 is 17.6 Å². The van der Waals surface area contributed by atoms with Crippen LogP contribution < -0.4 is 10.0 Å². The monoisotopic (exact) mass is 399 g/mol. The second kappa shape index (κ2) is 9.63. The van der Waals surface area contributed by atoms with E-state index < -0.39 is 15.8 Å². The van der Waals surface area contributed by atoms with E-state index in [0.717, 1.165) is 42.7 Å². The molecule has 0 radical (unpaired) electrons. The zero-order valence-electron chi connectivity index (χ0n) is 14.5. The van der Waals surface area contributed by atoms with E-state index in [2.05, 4.69) is 21.9 Å². The normalized spacial score (nSPS) is 11.3. The number of carbonyl (C=O) groups is 1. The lowest BCUT2D eigenvalue weighted by atomic mass is 10.2. The van der Waals surface area contributed by atoms with Crippen molar-refractivity contribution in [2.45, 2.75) is 43.9 Å². The third-order valence-electron chi connectivity index (χ3n) is 3.61. The molecular formula is C17H22FN3O3S2. The molecule has 0 saturated carbocycles. The predicted octanol–water partition coefficient (Wildman–Crippen LogP) is 3.32. The van der Waals surface area contributed by atoms with Crippen LogP contribution in [0.5, 0.6) is 0 Å². The van der Waals surface area contributed by atoms with Crippen molar-refractivity contribution >= 4 is 32.4 Å². The number of thiazole rings is 1. The molecule has 142 valence electrons. The Morgan fingerprint density at radius 1 is 1.23 bits per heavy atom. The van der Waals surface area contributed by atoms with E-state index in [1.165, 1.54) is 12.1 Å². The summed E-state index contributed by atoms with van der Waals surface area (Å²) < 4.78 is 39.7. The first kappa shape index (κ1) is 20.3. The number of rotatable bonds is 10. The number of hydrogen-bond donors (Lipinski definition) is 2. The van der Waals surface area contributed by atoms with Crippen molar-refractivity contribution in [3.8, 4) is 0 Å². The molecule has 2 N–H and O–H groups in total. The van der Waals surface area contributed by atoms with Crippen LogP contribution in [0.25, 0.3) is 0 Å². The van der Waals surface area contributed by atoms with Crippen molar-refractivity contribution in [3.63, 3.8) is 0 Å². The Hall–Kier alpha value is -2.00. The van der Waals surface area contributed by atoms with Crippen LogP contribution in [0.2, 0.25) is 0 Å². The molecule has 9 heteroatoms. The van der Waals surface area contributed by atoms with E-state index in [-0.39, 0.29) is 15.9 Å². The van der Waals surface area contributed by atoms with Gasteiger partial charge in [0.2, 0.25) is 5.91 Å². The summed E-state index contributed by atoms with van der Waals surface area (Å²) in [6.07, 6.45) is 3.90. The summed E-state index contributed by atoms with van der Waals surface area (Å²) in [5.74, 6) is -0.545. The molecule has 0 saturated heterocycles. The molecule has 0 fully saturated rings. The molecule has 1 heterocycles. The Labute approximate surface area is 156 Å². The van der Waals surface area contributed by atoms with Crippen LogP contribution in [-0.2, 0) is 21.2 Å². The van der Waals surface area contributed by atoms with Gasteiger partial charge in [0.05, 0.1) is 10.6 Å². The summed E-state index contributed by atoms with van der Waals surface area (Å²) in [5.41, 5.74) is 0.649. The summed E-state index contributed by atoms with van der Waals surface area (Å²) in [6, 6.07) is 4.55. The summed E-state index contributed by atoms with van der Waals surface area (Å²) in [5, 5.41) is 4.78. The SMILES string of the molecule is CCCCCNC(=O)CCc1csc(NS(=O)(=O)c2ccc(F)cc2)n1. The highest BCUT2D eigenvalue weighted by Gasteiger charge is 2.16. The van der Waals surface area contributed by atoms with Crippen molar-refractivity contribution in [1.29, 1.82) is 0 Å². The van der Waals surface area contributed by atoms with Crippen LogP contribution in [0.1, 0.15) is 38.3 Å². The number of sulfonamides is 1. The quantitative estimate of drug-likeness (QED) is 0.600. The topological polar surface area (TPSA) is 88.2 Å². The third kappa shape index (κ3) is 6.38. The minimum Gasteiger partial charge on any atom is -0.356 e. The number of nitrogens with zero attached hydrogens (tertiary/aromatic N) is 1. The van der Waals surface area contributed by atoms with Gasteiger partial charge >= 0.3 is 0 Å². The fourth-order valence-corrected chi connectivity index (χ4v) is 4.19. The molecule has 0 unspecified atom stereocenters. The number of halogens is 1. The number of amides is 1. The van der Waals surface area contributed by atoms with Crippen LogP contribution in [0.4, 0.5) is 9.52 Å². The summed E-state index contributed by atoms with van der Waals surface area (Å²) in [4.78, 5) is 15.9. The summed E-state index contributed by atoms with van der Waals surface area (Å²) >= 11 is 1.14. The highest BCUT2D eigenvalue weighted by Crippen LogP contribution is 2.21. The van der Waals surface area contributed by atoms with Crippen LogP contribution in [0.3, 0.4) is 0 Å². The first-order valence-electron chi connectivity index (χ1n) is 8.40. The lowest BCUT2D eigenvalue weighted by molar-refractivity contribution is -0.121. The van der Waals surface area contributed by atoms with E-state index in [4.69, 9.17) is 0 Å². The van der Waals surface area contributed by atoms with Crippen LogP contribution in [0.15, 0.2) is 34.5 Å². The standard InChI is InChI=1S/C17H22FN3O3S2/c1-2-3-4-11-19-16(22)10-7-14-12-25-17(20-14)21-26(23,24)15-8-5-13(18)6-9-15/h5-6,8-9,12H,2-4,7,10-11H2,1H3,(H,19,22)(H,20,21). The highest BCUT2D eigenvalue weighted by molar-refractivity contribution is 7.93. The fraction of sp³-hybridized carbons (Fsp3) is 0.412. The Balaban J connectivity index is 1.85. The van der Waals surface area contributed by atoms with Gasteiger partial charge in [0.25, 0.3) is 10.0 Å². The van der Waals surface area contributed by atoms with Crippen molar-refractivity contribution in [2.24, 2.45) is 0 Å². The van der Waals surface area contributed by atoms with Crippen molar-refractivity contribution in [2.75, 3.05) is 11.3 Å². The molecule has 0 aliphatic carbocycles. The van der Waals surface area contributed by atoms with Gasteiger partial charge in [-0.2, -0.15) is 0 Å². The molecule has 6 nitrogen and oxygen atoms in total. The van der Waals surface area contributed by atoms with Gasteiger partial charge in [-0.25, -0.2) is 17.8 Å². The van der Waals surface area contributed by atoms with E-state index in [9.17, 15) is 17.6 Å². The second-order valence-electron chi connectivity index (χ2n) is 5.76. The molecular weight excluding hydrogens is 377 g/mol. The Bertz CT molecular complexity index is 820. The Kier molecular flexibility index (Phi) is 7.52. The van der Waals surface area contributed by atoms with Gasteiger partial charge in [-0.15, -0.1) is 11.3 Å². The number of carbonyl (C=O) groups excluding carboxylic acids is 1. The van der Waals surface area contributed by atoms with Gasteiger partial charge in [-0.1, -0.05) is 19.8 Å². The maximum Gasteiger partial charge on any atom is 0.263 e.